The summed E-state index contributed by atoms with van der Waals surface area (Å²) >= 11 is 5.40. The first kappa shape index (κ1) is 16.5. The second-order valence-corrected chi connectivity index (χ2v) is 6.80. The SMILES string of the molecule is CCCNC(c1cc(Br)ccc1OC)c1sccc1CC. The summed E-state index contributed by atoms with van der Waals surface area (Å²) in [7, 11) is 1.73. The predicted molar refractivity (Wildman–Crippen MR) is 94.5 cm³/mol. The highest BCUT2D eigenvalue weighted by atomic mass is 79.9. The van der Waals surface area contributed by atoms with Gasteiger partial charge in [0, 0.05) is 14.9 Å². The van der Waals surface area contributed by atoms with E-state index >= 15 is 0 Å². The van der Waals surface area contributed by atoms with E-state index in [1.54, 1.807) is 7.11 Å². The molecule has 1 atom stereocenters. The van der Waals surface area contributed by atoms with Crippen molar-refractivity contribution in [2.45, 2.75) is 32.7 Å². The van der Waals surface area contributed by atoms with Gasteiger partial charge in [0.25, 0.3) is 0 Å². The minimum atomic E-state index is 0.187. The van der Waals surface area contributed by atoms with E-state index in [0.717, 1.165) is 29.6 Å². The Hall–Kier alpha value is -0.840. The summed E-state index contributed by atoms with van der Waals surface area (Å²) in [5.74, 6) is 0.933. The van der Waals surface area contributed by atoms with Gasteiger partial charge in [-0.05, 0) is 54.6 Å². The van der Waals surface area contributed by atoms with Crippen LogP contribution in [0.1, 0.15) is 42.3 Å². The number of methoxy groups -OCH3 is 1. The van der Waals surface area contributed by atoms with E-state index in [1.165, 1.54) is 16.0 Å². The molecule has 114 valence electrons. The number of rotatable bonds is 7. The van der Waals surface area contributed by atoms with Gasteiger partial charge in [0.2, 0.25) is 0 Å². The molecule has 0 aliphatic carbocycles. The van der Waals surface area contributed by atoms with Crippen molar-refractivity contribution in [1.29, 1.82) is 0 Å². The molecule has 1 unspecified atom stereocenters. The van der Waals surface area contributed by atoms with Gasteiger partial charge in [0.1, 0.15) is 5.75 Å². The molecule has 0 amide bonds. The van der Waals surface area contributed by atoms with Gasteiger partial charge in [-0.2, -0.15) is 0 Å². The molecule has 0 saturated carbocycles. The lowest BCUT2D eigenvalue weighted by Crippen LogP contribution is -2.23. The standard InChI is InChI=1S/C17H22BrNOS/c1-4-9-19-16(17-12(5-2)8-10-21-17)14-11-13(18)6-7-15(14)20-3/h6-8,10-11,16,19H,4-5,9H2,1-3H3. The highest BCUT2D eigenvalue weighted by molar-refractivity contribution is 9.10. The van der Waals surface area contributed by atoms with Crippen molar-refractivity contribution in [3.05, 3.63) is 50.1 Å². The van der Waals surface area contributed by atoms with Gasteiger partial charge in [-0.1, -0.05) is 29.8 Å². The zero-order valence-corrected chi connectivity index (χ0v) is 15.2. The molecule has 0 fully saturated rings. The molecule has 2 nitrogen and oxygen atoms in total. The number of aryl methyl sites for hydroxylation is 1. The molecule has 2 aromatic rings. The molecule has 0 bridgehead atoms. The van der Waals surface area contributed by atoms with Crippen molar-refractivity contribution in [2.24, 2.45) is 0 Å². The van der Waals surface area contributed by atoms with Gasteiger partial charge in [0.15, 0.2) is 0 Å². The first-order valence-corrected chi connectivity index (χ1v) is 9.01. The molecule has 0 saturated heterocycles. The lowest BCUT2D eigenvalue weighted by atomic mass is 10.0. The van der Waals surface area contributed by atoms with Crippen molar-refractivity contribution in [3.8, 4) is 5.75 Å². The van der Waals surface area contributed by atoms with Gasteiger partial charge < -0.3 is 10.1 Å². The van der Waals surface area contributed by atoms with Crippen LogP contribution in [0.2, 0.25) is 0 Å². The molecule has 4 heteroatoms. The zero-order chi connectivity index (χ0) is 15.2. The van der Waals surface area contributed by atoms with E-state index in [2.05, 4.69) is 52.6 Å². The van der Waals surface area contributed by atoms with Gasteiger partial charge in [-0.15, -0.1) is 11.3 Å². The molecule has 1 aromatic heterocycles. The smallest absolute Gasteiger partial charge is 0.124 e. The van der Waals surface area contributed by atoms with E-state index in [4.69, 9.17) is 4.74 Å². The first-order chi connectivity index (χ1) is 10.2. The third kappa shape index (κ3) is 3.87. The fourth-order valence-electron chi connectivity index (χ4n) is 2.46. The third-order valence-corrected chi connectivity index (χ3v) is 5.04. The Kier molecular flexibility index (Phi) is 6.27. The second kappa shape index (κ2) is 7.97. The summed E-state index contributed by atoms with van der Waals surface area (Å²) < 4.78 is 6.66. The van der Waals surface area contributed by atoms with Crippen LogP contribution in [0.3, 0.4) is 0 Å². The summed E-state index contributed by atoms with van der Waals surface area (Å²) in [6.45, 7) is 5.39. The third-order valence-electron chi connectivity index (χ3n) is 3.53. The zero-order valence-electron chi connectivity index (χ0n) is 12.8. The van der Waals surface area contributed by atoms with Gasteiger partial charge in [-0.3, -0.25) is 0 Å². The Morgan fingerprint density at radius 3 is 2.76 bits per heavy atom. The Morgan fingerprint density at radius 2 is 2.10 bits per heavy atom. The maximum Gasteiger partial charge on any atom is 0.124 e. The molecule has 0 aliphatic rings. The number of nitrogens with one attached hydrogen (secondary N) is 1. The van der Waals surface area contributed by atoms with E-state index < -0.39 is 0 Å². The van der Waals surface area contributed by atoms with E-state index in [-0.39, 0.29) is 6.04 Å². The van der Waals surface area contributed by atoms with Crippen LogP contribution in [0.25, 0.3) is 0 Å². The van der Waals surface area contributed by atoms with Crippen LogP contribution in [-0.4, -0.2) is 13.7 Å². The second-order valence-electron chi connectivity index (χ2n) is 4.94. The minimum Gasteiger partial charge on any atom is -0.496 e. The summed E-state index contributed by atoms with van der Waals surface area (Å²) in [5, 5.41) is 5.85. The van der Waals surface area contributed by atoms with Crippen LogP contribution in [0.5, 0.6) is 5.75 Å². The van der Waals surface area contributed by atoms with Crippen molar-refractivity contribution in [2.75, 3.05) is 13.7 Å². The minimum absolute atomic E-state index is 0.187. The largest absolute Gasteiger partial charge is 0.496 e. The number of ether oxygens (including phenoxy) is 1. The van der Waals surface area contributed by atoms with Gasteiger partial charge in [0.05, 0.1) is 13.2 Å². The van der Waals surface area contributed by atoms with Crippen molar-refractivity contribution in [3.63, 3.8) is 0 Å². The van der Waals surface area contributed by atoms with Crippen LogP contribution in [0.4, 0.5) is 0 Å². The molecule has 21 heavy (non-hydrogen) atoms. The first-order valence-electron chi connectivity index (χ1n) is 7.34. The fourth-order valence-corrected chi connectivity index (χ4v) is 3.92. The molecule has 0 aliphatic heterocycles. The Balaban J connectivity index is 2.47. The quantitative estimate of drug-likeness (QED) is 0.728. The monoisotopic (exact) mass is 367 g/mol. The predicted octanol–water partition coefficient (Wildman–Crippen LogP) is 5.17. The molecule has 0 radical (unpaired) electrons. The van der Waals surface area contributed by atoms with Crippen LogP contribution in [0.15, 0.2) is 34.1 Å². The lowest BCUT2D eigenvalue weighted by molar-refractivity contribution is 0.404. The average Bonchev–Trinajstić information content (AvgIpc) is 2.96. The normalized spacial score (nSPS) is 12.4. The highest BCUT2D eigenvalue weighted by Gasteiger charge is 2.21. The fraction of sp³-hybridized carbons (Fsp3) is 0.412. The van der Waals surface area contributed by atoms with E-state index in [1.807, 2.05) is 23.5 Å². The molecule has 0 spiro atoms. The molecule has 1 N–H and O–H groups in total. The van der Waals surface area contributed by atoms with E-state index in [0.29, 0.717) is 0 Å². The lowest BCUT2D eigenvalue weighted by Gasteiger charge is -2.22. The van der Waals surface area contributed by atoms with Crippen LogP contribution < -0.4 is 10.1 Å². The molecular weight excluding hydrogens is 346 g/mol. The van der Waals surface area contributed by atoms with Gasteiger partial charge >= 0.3 is 0 Å². The molecular formula is C17H22BrNOS. The molecule has 1 aromatic carbocycles. The topological polar surface area (TPSA) is 21.3 Å². The van der Waals surface area contributed by atoms with E-state index in [9.17, 15) is 0 Å². The maximum atomic E-state index is 5.58. The highest BCUT2D eigenvalue weighted by Crippen LogP contribution is 2.36. The molecule has 1 heterocycles. The summed E-state index contributed by atoms with van der Waals surface area (Å²) in [6.07, 6.45) is 2.17. The number of halogens is 1. The average molecular weight is 368 g/mol. The van der Waals surface area contributed by atoms with Crippen LogP contribution >= 0.6 is 27.3 Å². The van der Waals surface area contributed by atoms with Crippen molar-refractivity contribution in [1.82, 2.24) is 5.32 Å². The van der Waals surface area contributed by atoms with Crippen LogP contribution in [-0.2, 0) is 6.42 Å². The maximum absolute atomic E-state index is 5.58. The summed E-state index contributed by atoms with van der Waals surface area (Å²) in [5.41, 5.74) is 2.60. The Morgan fingerprint density at radius 1 is 1.29 bits per heavy atom. The van der Waals surface area contributed by atoms with Crippen LogP contribution in [0, 0.1) is 0 Å². The van der Waals surface area contributed by atoms with Crippen molar-refractivity contribution < 1.29 is 4.74 Å². The summed E-state index contributed by atoms with van der Waals surface area (Å²) in [4.78, 5) is 1.39. The number of hydrogen-bond donors (Lipinski definition) is 1. The summed E-state index contributed by atoms with van der Waals surface area (Å²) in [6, 6.07) is 8.62. The number of thiophene rings is 1. The van der Waals surface area contributed by atoms with Crippen molar-refractivity contribution >= 4 is 27.3 Å². The Bertz CT molecular complexity index is 582. The number of hydrogen-bond acceptors (Lipinski definition) is 3. The van der Waals surface area contributed by atoms with Gasteiger partial charge in [-0.25, -0.2) is 0 Å². The Labute approximate surface area is 139 Å². The molecule has 2 rings (SSSR count). The number of benzene rings is 1.